The zero-order chi connectivity index (χ0) is 20.5. The highest BCUT2D eigenvalue weighted by atomic mass is 79.9. The Labute approximate surface area is 191 Å². The van der Waals surface area contributed by atoms with E-state index in [4.69, 9.17) is 0 Å². The van der Waals surface area contributed by atoms with Crippen LogP contribution in [0.25, 0.3) is 22.3 Å². The van der Waals surface area contributed by atoms with E-state index in [1.807, 2.05) is 69.3 Å². The predicted octanol–water partition coefficient (Wildman–Crippen LogP) is 8.29. The van der Waals surface area contributed by atoms with E-state index in [2.05, 4.69) is 65.2 Å². The van der Waals surface area contributed by atoms with Crippen LogP contribution in [0.5, 0.6) is 0 Å². The smallest absolute Gasteiger partial charge is 0.229 e. The molecule has 144 valence electrons. The van der Waals surface area contributed by atoms with Crippen LogP contribution in [0.3, 0.4) is 0 Å². The molecular formula is C23H20Br3NO. The number of anilines is 1. The lowest BCUT2D eigenvalue weighted by Gasteiger charge is -2.22. The van der Waals surface area contributed by atoms with Crippen molar-refractivity contribution in [2.24, 2.45) is 5.41 Å². The van der Waals surface area contributed by atoms with Crippen LogP contribution in [0.1, 0.15) is 20.8 Å². The van der Waals surface area contributed by atoms with Gasteiger partial charge in [-0.25, -0.2) is 0 Å². The summed E-state index contributed by atoms with van der Waals surface area (Å²) in [7, 11) is 0. The van der Waals surface area contributed by atoms with Crippen LogP contribution in [-0.2, 0) is 4.79 Å². The van der Waals surface area contributed by atoms with Gasteiger partial charge in [0, 0.05) is 30.0 Å². The van der Waals surface area contributed by atoms with Crippen LogP contribution < -0.4 is 5.32 Å². The first kappa shape index (κ1) is 21.3. The van der Waals surface area contributed by atoms with Crippen LogP contribution in [0, 0.1) is 5.41 Å². The molecule has 1 amide bonds. The van der Waals surface area contributed by atoms with E-state index in [9.17, 15) is 4.79 Å². The Balaban J connectivity index is 2.28. The first-order valence-electron chi connectivity index (χ1n) is 8.82. The fourth-order valence-corrected chi connectivity index (χ4v) is 4.07. The Kier molecular flexibility index (Phi) is 6.47. The average molecular weight is 566 g/mol. The minimum Gasteiger partial charge on any atom is -0.325 e. The molecule has 3 rings (SSSR count). The van der Waals surface area contributed by atoms with Crippen molar-refractivity contribution in [2.45, 2.75) is 20.8 Å². The number of carbonyl (C=O) groups is 1. The number of halogens is 3. The van der Waals surface area contributed by atoms with E-state index in [0.29, 0.717) is 0 Å². The van der Waals surface area contributed by atoms with Gasteiger partial charge in [-0.1, -0.05) is 92.8 Å². The maximum atomic E-state index is 12.9. The normalized spacial score (nSPS) is 11.4. The second-order valence-electron chi connectivity index (χ2n) is 7.60. The minimum absolute atomic E-state index is 0.0256. The number of hydrogen-bond donors (Lipinski definition) is 1. The van der Waals surface area contributed by atoms with Gasteiger partial charge in [0.25, 0.3) is 0 Å². The maximum absolute atomic E-state index is 12.9. The zero-order valence-corrected chi connectivity index (χ0v) is 20.6. The summed E-state index contributed by atoms with van der Waals surface area (Å²) in [6.07, 6.45) is 0. The van der Waals surface area contributed by atoms with Crippen LogP contribution >= 0.6 is 47.8 Å². The zero-order valence-electron chi connectivity index (χ0n) is 15.8. The van der Waals surface area contributed by atoms with E-state index in [-0.39, 0.29) is 5.91 Å². The lowest BCUT2D eigenvalue weighted by Crippen LogP contribution is -2.28. The molecule has 2 nitrogen and oxygen atoms in total. The quantitative estimate of drug-likeness (QED) is 0.340. The van der Waals surface area contributed by atoms with Crippen LogP contribution in [0.4, 0.5) is 5.69 Å². The van der Waals surface area contributed by atoms with Crippen molar-refractivity contribution in [1.82, 2.24) is 0 Å². The molecule has 0 bridgehead atoms. The molecule has 0 heterocycles. The third kappa shape index (κ3) is 4.94. The summed E-state index contributed by atoms with van der Waals surface area (Å²) < 4.78 is 2.93. The third-order valence-corrected chi connectivity index (χ3v) is 5.74. The fraction of sp³-hybridized carbons (Fsp3) is 0.174. The van der Waals surface area contributed by atoms with Gasteiger partial charge in [-0.3, -0.25) is 4.79 Å². The van der Waals surface area contributed by atoms with E-state index in [1.165, 1.54) is 0 Å². The van der Waals surface area contributed by atoms with Gasteiger partial charge in [-0.15, -0.1) is 0 Å². The Morgan fingerprint density at radius 2 is 1.21 bits per heavy atom. The second kappa shape index (κ2) is 8.52. The Bertz CT molecular complexity index is 972. The first-order valence-corrected chi connectivity index (χ1v) is 11.2. The van der Waals surface area contributed by atoms with E-state index < -0.39 is 5.41 Å². The van der Waals surface area contributed by atoms with Crippen molar-refractivity contribution in [2.75, 3.05) is 5.32 Å². The van der Waals surface area contributed by atoms with Crippen molar-refractivity contribution in [1.29, 1.82) is 0 Å². The maximum Gasteiger partial charge on any atom is 0.229 e. The molecule has 3 aromatic rings. The molecule has 0 aliphatic heterocycles. The summed E-state index contributed by atoms with van der Waals surface area (Å²) in [5.74, 6) is -0.0256. The second-order valence-corrected chi connectivity index (χ2v) is 10.3. The van der Waals surface area contributed by atoms with Gasteiger partial charge >= 0.3 is 0 Å². The van der Waals surface area contributed by atoms with Gasteiger partial charge in [0.15, 0.2) is 0 Å². The number of amides is 1. The molecule has 0 radical (unpaired) electrons. The summed E-state index contributed by atoms with van der Waals surface area (Å²) in [5, 5.41) is 3.19. The highest BCUT2D eigenvalue weighted by molar-refractivity contribution is 9.11. The summed E-state index contributed by atoms with van der Waals surface area (Å²) in [5.41, 5.74) is 4.27. The van der Waals surface area contributed by atoms with Gasteiger partial charge in [0.05, 0.1) is 5.69 Å². The molecule has 0 atom stereocenters. The molecule has 0 saturated carbocycles. The molecular weight excluding hydrogens is 546 g/mol. The molecule has 0 fully saturated rings. The van der Waals surface area contributed by atoms with Gasteiger partial charge in [-0.05, 0) is 47.5 Å². The van der Waals surface area contributed by atoms with Gasteiger partial charge in [0.1, 0.15) is 0 Å². The van der Waals surface area contributed by atoms with Crippen LogP contribution in [-0.4, -0.2) is 5.91 Å². The molecule has 28 heavy (non-hydrogen) atoms. The predicted molar refractivity (Wildman–Crippen MR) is 128 cm³/mol. The van der Waals surface area contributed by atoms with Gasteiger partial charge < -0.3 is 5.32 Å². The molecule has 3 aromatic carbocycles. The standard InChI is InChI=1S/C23H20Br3NO/c1-23(2,3)22(28)27-21-19(14-6-4-8-16(24)10-14)12-18(26)13-20(21)15-7-5-9-17(25)11-15/h4-13H,1-3H3,(H,27,28). The monoisotopic (exact) mass is 563 g/mol. The molecule has 5 heteroatoms. The van der Waals surface area contributed by atoms with E-state index in [1.54, 1.807) is 0 Å². The highest BCUT2D eigenvalue weighted by Gasteiger charge is 2.24. The summed E-state index contributed by atoms with van der Waals surface area (Å²) >= 11 is 10.8. The average Bonchev–Trinajstić information content (AvgIpc) is 2.62. The van der Waals surface area contributed by atoms with Crippen LogP contribution in [0.2, 0.25) is 0 Å². The molecule has 0 unspecified atom stereocenters. The molecule has 0 spiro atoms. The number of nitrogens with one attached hydrogen (secondary N) is 1. The molecule has 1 N–H and O–H groups in total. The number of hydrogen-bond acceptors (Lipinski definition) is 1. The number of carbonyl (C=O) groups excluding carboxylic acids is 1. The Morgan fingerprint density at radius 1 is 0.750 bits per heavy atom. The lowest BCUT2D eigenvalue weighted by molar-refractivity contribution is -0.123. The van der Waals surface area contributed by atoms with Crippen molar-refractivity contribution in [3.63, 3.8) is 0 Å². The van der Waals surface area contributed by atoms with E-state index >= 15 is 0 Å². The Morgan fingerprint density at radius 3 is 1.61 bits per heavy atom. The summed E-state index contributed by atoms with van der Waals surface area (Å²) in [4.78, 5) is 12.9. The van der Waals surface area contributed by atoms with Gasteiger partial charge in [-0.2, -0.15) is 0 Å². The molecule has 0 aromatic heterocycles. The SMILES string of the molecule is CC(C)(C)C(=O)Nc1c(-c2cccc(Br)c2)cc(Br)cc1-c1cccc(Br)c1. The first-order chi connectivity index (χ1) is 13.1. The summed E-state index contributed by atoms with van der Waals surface area (Å²) in [6.45, 7) is 5.75. The van der Waals surface area contributed by atoms with Crippen molar-refractivity contribution >= 4 is 59.4 Å². The number of rotatable bonds is 3. The van der Waals surface area contributed by atoms with Crippen molar-refractivity contribution in [3.8, 4) is 22.3 Å². The van der Waals surface area contributed by atoms with Gasteiger partial charge in [0.2, 0.25) is 5.91 Å². The molecule has 0 aliphatic rings. The topological polar surface area (TPSA) is 29.1 Å². The highest BCUT2D eigenvalue weighted by Crippen LogP contribution is 2.41. The van der Waals surface area contributed by atoms with Crippen LogP contribution in [0.15, 0.2) is 74.1 Å². The lowest BCUT2D eigenvalue weighted by atomic mass is 9.92. The third-order valence-electron chi connectivity index (χ3n) is 4.29. The number of benzene rings is 3. The Hall–Kier alpha value is -1.43. The molecule has 0 aliphatic carbocycles. The summed E-state index contributed by atoms with van der Waals surface area (Å²) in [6, 6.07) is 20.3. The van der Waals surface area contributed by atoms with Crippen molar-refractivity contribution < 1.29 is 4.79 Å². The largest absolute Gasteiger partial charge is 0.325 e. The van der Waals surface area contributed by atoms with Crippen molar-refractivity contribution in [3.05, 3.63) is 74.1 Å². The van der Waals surface area contributed by atoms with E-state index in [0.717, 1.165) is 41.4 Å². The fourth-order valence-electron chi connectivity index (χ4n) is 2.81. The molecule has 0 saturated heterocycles. The minimum atomic E-state index is -0.504.